The van der Waals surface area contributed by atoms with Crippen molar-refractivity contribution >= 4 is 5.97 Å². The van der Waals surface area contributed by atoms with Crippen molar-refractivity contribution in [2.75, 3.05) is 0 Å². The number of aliphatic hydroxyl groups is 1. The first-order valence-corrected chi connectivity index (χ1v) is 4.61. The predicted molar refractivity (Wildman–Crippen MR) is 54.8 cm³/mol. The maximum Gasteiger partial charge on any atom is 0.306 e. The van der Waals surface area contributed by atoms with Crippen LogP contribution in [0.15, 0.2) is 12.1 Å². The van der Waals surface area contributed by atoms with Gasteiger partial charge in [0.05, 0.1) is 12.5 Å². The van der Waals surface area contributed by atoms with E-state index in [1.807, 2.05) is 13.8 Å². The summed E-state index contributed by atoms with van der Waals surface area (Å²) in [6.07, 6.45) is -1.57. The van der Waals surface area contributed by atoms with Crippen LogP contribution in [0.2, 0.25) is 0 Å². The van der Waals surface area contributed by atoms with E-state index in [1.54, 1.807) is 6.07 Å². The molecule has 0 aromatic heterocycles. The highest BCUT2D eigenvalue weighted by Crippen LogP contribution is 2.29. The van der Waals surface area contributed by atoms with Crippen molar-refractivity contribution in [1.82, 2.24) is 0 Å². The number of carboxylic acids is 1. The summed E-state index contributed by atoms with van der Waals surface area (Å²) in [4.78, 5) is 10.4. The van der Waals surface area contributed by atoms with Crippen molar-refractivity contribution in [3.63, 3.8) is 0 Å². The van der Waals surface area contributed by atoms with Crippen LogP contribution in [0.25, 0.3) is 0 Å². The van der Waals surface area contributed by atoms with Gasteiger partial charge in [0.15, 0.2) is 0 Å². The molecule has 4 heteroatoms. The molecule has 0 radical (unpaired) electrons. The normalized spacial score (nSPS) is 12.5. The summed E-state index contributed by atoms with van der Waals surface area (Å²) >= 11 is 0. The Bertz CT molecular complexity index is 384. The minimum Gasteiger partial charge on any atom is -0.508 e. The summed E-state index contributed by atoms with van der Waals surface area (Å²) in [5.74, 6) is -1.16. The average molecular weight is 210 g/mol. The second-order valence-electron chi connectivity index (χ2n) is 3.61. The Balaban J connectivity index is 3.03. The van der Waals surface area contributed by atoms with Gasteiger partial charge in [0.2, 0.25) is 0 Å². The number of carbonyl (C=O) groups is 1. The van der Waals surface area contributed by atoms with Crippen molar-refractivity contribution in [2.24, 2.45) is 0 Å². The van der Waals surface area contributed by atoms with E-state index >= 15 is 0 Å². The zero-order valence-electron chi connectivity index (χ0n) is 8.69. The highest BCUT2D eigenvalue weighted by molar-refractivity contribution is 5.68. The highest BCUT2D eigenvalue weighted by Gasteiger charge is 2.16. The lowest BCUT2D eigenvalue weighted by atomic mass is 10.00. The molecule has 0 heterocycles. The summed E-state index contributed by atoms with van der Waals surface area (Å²) < 4.78 is 0. The van der Waals surface area contributed by atoms with E-state index in [2.05, 4.69) is 0 Å². The van der Waals surface area contributed by atoms with Crippen LogP contribution in [0.4, 0.5) is 0 Å². The summed E-state index contributed by atoms with van der Waals surface area (Å²) in [5, 5.41) is 27.6. The number of hydrogen-bond donors (Lipinski definition) is 3. The molecule has 0 fully saturated rings. The first-order valence-electron chi connectivity index (χ1n) is 4.61. The third-order valence-electron chi connectivity index (χ3n) is 2.37. The van der Waals surface area contributed by atoms with Crippen LogP contribution in [0, 0.1) is 13.8 Å². The van der Waals surface area contributed by atoms with Gasteiger partial charge < -0.3 is 15.3 Å². The zero-order valence-corrected chi connectivity index (χ0v) is 8.69. The van der Waals surface area contributed by atoms with E-state index < -0.39 is 18.5 Å². The average Bonchev–Trinajstić information content (AvgIpc) is 2.09. The van der Waals surface area contributed by atoms with Crippen LogP contribution in [0.1, 0.15) is 29.2 Å². The molecule has 0 amide bonds. The van der Waals surface area contributed by atoms with Gasteiger partial charge in [-0.2, -0.15) is 0 Å². The topological polar surface area (TPSA) is 77.8 Å². The number of phenols is 1. The van der Waals surface area contributed by atoms with E-state index in [0.717, 1.165) is 11.1 Å². The summed E-state index contributed by atoms with van der Waals surface area (Å²) in [6.45, 7) is 3.67. The fourth-order valence-corrected chi connectivity index (χ4v) is 1.37. The van der Waals surface area contributed by atoms with Gasteiger partial charge in [-0.25, -0.2) is 0 Å². The lowest BCUT2D eigenvalue weighted by Gasteiger charge is -2.12. The molecule has 1 atom stereocenters. The Morgan fingerprint density at radius 2 is 1.87 bits per heavy atom. The number of rotatable bonds is 3. The Morgan fingerprint density at radius 1 is 1.33 bits per heavy atom. The fraction of sp³-hybridized carbons (Fsp3) is 0.364. The SMILES string of the molecule is Cc1cc(O)c([C@H](O)CC(=O)O)cc1C. The first kappa shape index (κ1) is 11.5. The van der Waals surface area contributed by atoms with Crippen LogP contribution in [0.5, 0.6) is 5.75 Å². The van der Waals surface area contributed by atoms with Gasteiger partial charge in [-0.15, -0.1) is 0 Å². The summed E-state index contributed by atoms with van der Waals surface area (Å²) in [5.41, 5.74) is 2.08. The molecule has 0 unspecified atom stereocenters. The van der Waals surface area contributed by atoms with E-state index in [-0.39, 0.29) is 11.3 Å². The molecule has 4 nitrogen and oxygen atoms in total. The number of aliphatic hydroxyl groups excluding tert-OH is 1. The van der Waals surface area contributed by atoms with Crippen LogP contribution in [0.3, 0.4) is 0 Å². The van der Waals surface area contributed by atoms with Crippen molar-refractivity contribution in [3.05, 3.63) is 28.8 Å². The molecule has 0 aliphatic rings. The largest absolute Gasteiger partial charge is 0.508 e. The number of hydrogen-bond acceptors (Lipinski definition) is 3. The minimum absolute atomic E-state index is 0.0631. The van der Waals surface area contributed by atoms with E-state index in [4.69, 9.17) is 5.11 Å². The molecule has 0 bridgehead atoms. The van der Waals surface area contributed by atoms with Crippen LogP contribution in [-0.2, 0) is 4.79 Å². The second-order valence-corrected chi connectivity index (χ2v) is 3.61. The molecule has 0 aliphatic carbocycles. The van der Waals surface area contributed by atoms with Gasteiger partial charge in [0.1, 0.15) is 5.75 Å². The molecule has 82 valence electrons. The Hall–Kier alpha value is -1.55. The quantitative estimate of drug-likeness (QED) is 0.706. The minimum atomic E-state index is -1.17. The monoisotopic (exact) mass is 210 g/mol. The Kier molecular flexibility index (Phi) is 3.31. The molecule has 3 N–H and O–H groups in total. The molecule has 1 aromatic rings. The fourth-order valence-electron chi connectivity index (χ4n) is 1.37. The standard InChI is InChI=1S/C11H14O4/c1-6-3-8(9(12)4-7(6)2)10(13)5-11(14)15/h3-4,10,12-13H,5H2,1-2H3,(H,14,15)/t10-/m1/s1. The van der Waals surface area contributed by atoms with Crippen LogP contribution >= 0.6 is 0 Å². The number of phenolic OH excluding ortho intramolecular Hbond substituents is 1. The van der Waals surface area contributed by atoms with Crippen molar-refractivity contribution in [1.29, 1.82) is 0 Å². The number of benzene rings is 1. The lowest BCUT2D eigenvalue weighted by Crippen LogP contribution is -2.06. The van der Waals surface area contributed by atoms with E-state index in [0.29, 0.717) is 0 Å². The summed E-state index contributed by atoms with van der Waals surface area (Å²) in [6, 6.07) is 3.13. The molecular weight excluding hydrogens is 196 g/mol. The molecule has 1 aromatic carbocycles. The molecule has 0 spiro atoms. The third kappa shape index (κ3) is 2.70. The second kappa shape index (κ2) is 4.31. The van der Waals surface area contributed by atoms with E-state index in [1.165, 1.54) is 6.07 Å². The van der Waals surface area contributed by atoms with Crippen molar-refractivity contribution < 1.29 is 20.1 Å². The molecular formula is C11H14O4. The third-order valence-corrected chi connectivity index (χ3v) is 2.37. The number of aryl methyl sites for hydroxylation is 2. The van der Waals surface area contributed by atoms with Gasteiger partial charge >= 0.3 is 5.97 Å². The zero-order chi connectivity index (χ0) is 11.6. The van der Waals surface area contributed by atoms with Crippen molar-refractivity contribution in [2.45, 2.75) is 26.4 Å². The van der Waals surface area contributed by atoms with Gasteiger partial charge in [0, 0.05) is 5.56 Å². The molecule has 15 heavy (non-hydrogen) atoms. The van der Waals surface area contributed by atoms with Crippen molar-refractivity contribution in [3.8, 4) is 5.75 Å². The maximum absolute atomic E-state index is 10.4. The van der Waals surface area contributed by atoms with E-state index in [9.17, 15) is 15.0 Å². The smallest absolute Gasteiger partial charge is 0.306 e. The molecule has 0 aliphatic heterocycles. The lowest BCUT2D eigenvalue weighted by molar-refractivity contribution is -0.139. The molecule has 0 saturated heterocycles. The number of aliphatic carboxylic acids is 1. The van der Waals surface area contributed by atoms with Gasteiger partial charge in [0.25, 0.3) is 0 Å². The van der Waals surface area contributed by atoms with Crippen LogP contribution in [-0.4, -0.2) is 21.3 Å². The first-order chi connectivity index (χ1) is 6.91. The summed E-state index contributed by atoms with van der Waals surface area (Å²) in [7, 11) is 0. The Labute approximate surface area is 87.8 Å². The number of carboxylic acid groups (broad SMARTS) is 1. The predicted octanol–water partition coefficient (Wildman–Crippen LogP) is 1.52. The Morgan fingerprint density at radius 3 is 2.40 bits per heavy atom. The highest BCUT2D eigenvalue weighted by atomic mass is 16.4. The van der Waals surface area contributed by atoms with Gasteiger partial charge in [-0.1, -0.05) is 0 Å². The maximum atomic E-state index is 10.4. The molecule has 1 rings (SSSR count). The van der Waals surface area contributed by atoms with Gasteiger partial charge in [-0.05, 0) is 37.1 Å². The number of aromatic hydroxyl groups is 1. The van der Waals surface area contributed by atoms with Crippen LogP contribution < -0.4 is 0 Å². The van der Waals surface area contributed by atoms with Gasteiger partial charge in [-0.3, -0.25) is 4.79 Å². The molecule has 0 saturated carbocycles.